The SMILES string of the molecule is CCCC1(CCN=C(C)N=C(C=CN)Oc2cccc(F)c2)CNCCO1. The van der Waals surface area contributed by atoms with Crippen molar-refractivity contribution in [2.75, 3.05) is 26.2 Å². The Morgan fingerprint density at radius 3 is 2.96 bits per heavy atom. The fourth-order valence-corrected chi connectivity index (χ4v) is 3.05. The van der Waals surface area contributed by atoms with Gasteiger partial charge in [0.1, 0.15) is 17.4 Å². The lowest BCUT2D eigenvalue weighted by molar-refractivity contribution is -0.0751. The van der Waals surface area contributed by atoms with E-state index in [1.165, 1.54) is 24.4 Å². The van der Waals surface area contributed by atoms with E-state index in [9.17, 15) is 4.39 Å². The summed E-state index contributed by atoms with van der Waals surface area (Å²) in [7, 11) is 0. The van der Waals surface area contributed by atoms with Gasteiger partial charge in [-0.15, -0.1) is 0 Å². The van der Waals surface area contributed by atoms with Crippen molar-refractivity contribution in [3.63, 3.8) is 0 Å². The number of morpholine rings is 1. The van der Waals surface area contributed by atoms with Crippen molar-refractivity contribution in [3.8, 4) is 5.75 Å². The highest BCUT2D eigenvalue weighted by molar-refractivity contribution is 5.99. The molecule has 0 bridgehead atoms. The molecule has 7 heteroatoms. The van der Waals surface area contributed by atoms with E-state index in [4.69, 9.17) is 15.2 Å². The maximum absolute atomic E-state index is 13.3. The van der Waals surface area contributed by atoms with Crippen LogP contribution in [-0.2, 0) is 4.74 Å². The third-order valence-electron chi connectivity index (χ3n) is 4.28. The van der Waals surface area contributed by atoms with Crippen molar-refractivity contribution in [3.05, 3.63) is 42.4 Å². The molecule has 1 aromatic carbocycles. The Bertz CT molecular complexity index is 677. The number of amidine groups is 1. The summed E-state index contributed by atoms with van der Waals surface area (Å²) in [6.45, 7) is 7.04. The first-order chi connectivity index (χ1) is 13.1. The average Bonchev–Trinajstić information content (AvgIpc) is 2.63. The quantitative estimate of drug-likeness (QED) is 0.566. The van der Waals surface area contributed by atoms with Gasteiger partial charge in [0.25, 0.3) is 0 Å². The maximum Gasteiger partial charge on any atom is 0.222 e. The summed E-state index contributed by atoms with van der Waals surface area (Å²) in [5.74, 6) is 0.789. The van der Waals surface area contributed by atoms with E-state index in [1.54, 1.807) is 19.1 Å². The van der Waals surface area contributed by atoms with Crippen LogP contribution >= 0.6 is 0 Å². The van der Waals surface area contributed by atoms with Gasteiger partial charge in [-0.3, -0.25) is 4.99 Å². The minimum absolute atomic E-state index is 0.154. The summed E-state index contributed by atoms with van der Waals surface area (Å²) in [6, 6.07) is 5.86. The van der Waals surface area contributed by atoms with Gasteiger partial charge in [0, 0.05) is 31.8 Å². The molecule has 0 spiro atoms. The van der Waals surface area contributed by atoms with Gasteiger partial charge in [-0.05, 0) is 38.1 Å². The van der Waals surface area contributed by atoms with Gasteiger partial charge in [-0.1, -0.05) is 19.4 Å². The first-order valence-electron chi connectivity index (χ1n) is 9.33. The van der Waals surface area contributed by atoms with E-state index in [-0.39, 0.29) is 17.3 Å². The largest absolute Gasteiger partial charge is 0.439 e. The first kappa shape index (κ1) is 21.1. The molecule has 0 saturated carbocycles. The van der Waals surface area contributed by atoms with Gasteiger partial charge < -0.3 is 20.5 Å². The Labute approximate surface area is 160 Å². The third-order valence-corrected chi connectivity index (χ3v) is 4.28. The molecule has 0 radical (unpaired) electrons. The Balaban J connectivity index is 2.00. The Morgan fingerprint density at radius 1 is 1.44 bits per heavy atom. The van der Waals surface area contributed by atoms with Crippen LogP contribution < -0.4 is 15.8 Å². The monoisotopic (exact) mass is 376 g/mol. The molecule has 6 nitrogen and oxygen atoms in total. The van der Waals surface area contributed by atoms with Crippen molar-refractivity contribution < 1.29 is 13.9 Å². The molecular formula is C20H29FN4O2. The zero-order chi connectivity index (χ0) is 19.5. The Hall–Kier alpha value is -2.25. The molecule has 1 unspecified atom stereocenters. The van der Waals surface area contributed by atoms with Gasteiger partial charge in [0.2, 0.25) is 5.90 Å². The standard InChI is InChI=1S/C20H29FN4O2/c1-3-8-20(15-23-12-13-26-20)9-11-24-16(2)25-19(7-10-22)27-18-6-4-5-17(21)14-18/h4-7,10,14,23H,3,8-9,11-13,15,22H2,1-2H3. The molecule has 0 aromatic heterocycles. The third kappa shape index (κ3) is 7.11. The predicted octanol–water partition coefficient (Wildman–Crippen LogP) is 3.04. The molecule has 1 saturated heterocycles. The highest BCUT2D eigenvalue weighted by atomic mass is 19.1. The van der Waals surface area contributed by atoms with Crippen LogP contribution in [0.2, 0.25) is 0 Å². The average molecular weight is 376 g/mol. The maximum atomic E-state index is 13.3. The summed E-state index contributed by atoms with van der Waals surface area (Å²) < 4.78 is 24.9. The molecule has 1 atom stereocenters. The van der Waals surface area contributed by atoms with Crippen LogP contribution in [0, 0.1) is 5.82 Å². The number of nitrogens with one attached hydrogen (secondary N) is 1. The number of halogens is 1. The van der Waals surface area contributed by atoms with Gasteiger partial charge in [-0.2, -0.15) is 4.99 Å². The van der Waals surface area contributed by atoms with Crippen molar-refractivity contribution in [1.82, 2.24) is 5.32 Å². The molecule has 3 N–H and O–H groups in total. The summed E-state index contributed by atoms with van der Waals surface area (Å²) in [6.07, 6.45) is 5.73. The molecule has 148 valence electrons. The predicted molar refractivity (Wildman–Crippen MR) is 107 cm³/mol. The van der Waals surface area contributed by atoms with Crippen molar-refractivity contribution >= 4 is 11.7 Å². The zero-order valence-corrected chi connectivity index (χ0v) is 16.1. The normalized spacial score (nSPS) is 21.6. The van der Waals surface area contributed by atoms with Gasteiger partial charge in [0.15, 0.2) is 0 Å². The first-order valence-corrected chi connectivity index (χ1v) is 9.33. The molecule has 27 heavy (non-hydrogen) atoms. The topological polar surface area (TPSA) is 81.2 Å². The van der Waals surface area contributed by atoms with Crippen molar-refractivity contribution in [2.45, 2.75) is 38.7 Å². The number of nitrogens with two attached hydrogens (primary N) is 1. The minimum Gasteiger partial charge on any atom is -0.439 e. The van der Waals surface area contributed by atoms with E-state index >= 15 is 0 Å². The number of nitrogens with zero attached hydrogens (tertiary/aromatic N) is 2. The van der Waals surface area contributed by atoms with E-state index in [2.05, 4.69) is 22.2 Å². The number of rotatable bonds is 7. The zero-order valence-electron chi connectivity index (χ0n) is 16.1. The van der Waals surface area contributed by atoms with E-state index < -0.39 is 0 Å². The lowest BCUT2D eigenvalue weighted by Crippen LogP contribution is -2.50. The van der Waals surface area contributed by atoms with Crippen LogP contribution in [0.15, 0.2) is 46.5 Å². The summed E-state index contributed by atoms with van der Waals surface area (Å²) in [5, 5.41) is 3.40. The molecule has 2 rings (SSSR count). The molecule has 0 amide bonds. The van der Waals surface area contributed by atoms with Crippen molar-refractivity contribution in [2.24, 2.45) is 15.7 Å². The summed E-state index contributed by atoms with van der Waals surface area (Å²) in [4.78, 5) is 8.86. The smallest absolute Gasteiger partial charge is 0.222 e. The van der Waals surface area contributed by atoms with Gasteiger partial charge >= 0.3 is 0 Å². The molecule has 1 heterocycles. The molecule has 1 aliphatic rings. The number of aliphatic imine (C=N–C) groups is 2. The van der Waals surface area contributed by atoms with Crippen LogP contribution in [0.5, 0.6) is 5.75 Å². The molecule has 1 aromatic rings. The second-order valence-corrected chi connectivity index (χ2v) is 6.51. The summed E-state index contributed by atoms with van der Waals surface area (Å²) in [5.41, 5.74) is 5.30. The number of hydrogen-bond donors (Lipinski definition) is 2. The van der Waals surface area contributed by atoms with E-state index in [0.717, 1.165) is 39.0 Å². The van der Waals surface area contributed by atoms with Crippen LogP contribution in [0.1, 0.15) is 33.1 Å². The number of benzene rings is 1. The van der Waals surface area contributed by atoms with E-state index in [1.807, 2.05) is 0 Å². The lowest BCUT2D eigenvalue weighted by Gasteiger charge is -2.37. The molecular weight excluding hydrogens is 347 g/mol. The Morgan fingerprint density at radius 2 is 2.30 bits per heavy atom. The van der Waals surface area contributed by atoms with E-state index in [0.29, 0.717) is 18.1 Å². The fraction of sp³-hybridized carbons (Fsp3) is 0.500. The number of hydrogen-bond acceptors (Lipinski definition) is 5. The second-order valence-electron chi connectivity index (χ2n) is 6.51. The highest BCUT2D eigenvalue weighted by Crippen LogP contribution is 2.24. The molecule has 1 aliphatic heterocycles. The summed E-state index contributed by atoms with van der Waals surface area (Å²) >= 11 is 0. The number of ether oxygens (including phenoxy) is 2. The van der Waals surface area contributed by atoms with Crippen LogP contribution in [0.4, 0.5) is 4.39 Å². The van der Waals surface area contributed by atoms with Crippen molar-refractivity contribution in [1.29, 1.82) is 0 Å². The Kier molecular flexibility index (Phi) is 8.42. The van der Waals surface area contributed by atoms with Gasteiger partial charge in [0.05, 0.1) is 12.2 Å². The highest BCUT2D eigenvalue weighted by Gasteiger charge is 2.31. The molecule has 0 aliphatic carbocycles. The van der Waals surface area contributed by atoms with Crippen LogP contribution in [0.25, 0.3) is 0 Å². The fourth-order valence-electron chi connectivity index (χ4n) is 3.05. The lowest BCUT2D eigenvalue weighted by atomic mass is 9.92. The van der Waals surface area contributed by atoms with Crippen LogP contribution in [-0.4, -0.2) is 43.6 Å². The molecule has 1 fully saturated rings. The second kappa shape index (κ2) is 10.8. The van der Waals surface area contributed by atoms with Crippen LogP contribution in [0.3, 0.4) is 0 Å². The minimum atomic E-state index is -0.378. The van der Waals surface area contributed by atoms with Gasteiger partial charge in [-0.25, -0.2) is 4.39 Å².